The number of hydrogen-bond donors (Lipinski definition) is 1. The summed E-state index contributed by atoms with van der Waals surface area (Å²) in [6, 6.07) is 23.7. The molecule has 0 atom stereocenters. The van der Waals surface area contributed by atoms with E-state index in [1.54, 1.807) is 12.3 Å². The van der Waals surface area contributed by atoms with Crippen molar-refractivity contribution in [1.29, 1.82) is 0 Å². The van der Waals surface area contributed by atoms with Crippen molar-refractivity contribution in [3.63, 3.8) is 0 Å². The standard InChI is InChI=1S/C26H22N2O3/c1-2-30-24-10-4-3-7-18(24)16-28-21-9-5-8-20(26(27)29)25(21)19-13-12-17(15-22(19)28)23-11-6-14-31-23/h3-15H,2,16H2,1H3,(H2,27,29). The first-order chi connectivity index (χ1) is 15.2. The normalized spacial score (nSPS) is 11.3. The topological polar surface area (TPSA) is 70.4 Å². The van der Waals surface area contributed by atoms with Crippen LogP contribution in [0.1, 0.15) is 22.8 Å². The molecule has 154 valence electrons. The number of nitrogens with zero attached hydrogens (tertiary/aromatic N) is 1. The third-order valence-electron chi connectivity index (χ3n) is 5.56. The number of benzene rings is 3. The van der Waals surface area contributed by atoms with Crippen LogP contribution in [0.15, 0.2) is 83.5 Å². The molecule has 0 spiro atoms. The minimum Gasteiger partial charge on any atom is -0.494 e. The van der Waals surface area contributed by atoms with E-state index in [-0.39, 0.29) is 0 Å². The number of aromatic nitrogens is 1. The number of ether oxygens (including phenoxy) is 1. The zero-order valence-corrected chi connectivity index (χ0v) is 17.2. The van der Waals surface area contributed by atoms with Gasteiger partial charge in [-0.05, 0) is 43.3 Å². The maximum absolute atomic E-state index is 12.2. The smallest absolute Gasteiger partial charge is 0.249 e. The molecule has 0 aliphatic rings. The van der Waals surface area contributed by atoms with Crippen LogP contribution in [0.5, 0.6) is 5.75 Å². The van der Waals surface area contributed by atoms with E-state index >= 15 is 0 Å². The van der Waals surface area contributed by atoms with E-state index < -0.39 is 5.91 Å². The quantitative estimate of drug-likeness (QED) is 0.396. The summed E-state index contributed by atoms with van der Waals surface area (Å²) < 4.78 is 13.7. The average molecular weight is 410 g/mol. The van der Waals surface area contributed by atoms with Crippen molar-refractivity contribution in [2.45, 2.75) is 13.5 Å². The first-order valence-corrected chi connectivity index (χ1v) is 10.3. The molecule has 0 unspecified atom stereocenters. The van der Waals surface area contributed by atoms with Gasteiger partial charge in [-0.2, -0.15) is 0 Å². The highest BCUT2D eigenvalue weighted by Crippen LogP contribution is 2.35. The molecule has 0 radical (unpaired) electrons. The van der Waals surface area contributed by atoms with Crippen molar-refractivity contribution in [1.82, 2.24) is 4.57 Å². The molecule has 5 aromatic rings. The van der Waals surface area contributed by atoms with Gasteiger partial charge in [-0.3, -0.25) is 4.79 Å². The highest BCUT2D eigenvalue weighted by atomic mass is 16.5. The van der Waals surface area contributed by atoms with Crippen molar-refractivity contribution < 1.29 is 13.9 Å². The van der Waals surface area contributed by atoms with Crippen LogP contribution < -0.4 is 10.5 Å². The number of para-hydroxylation sites is 1. The van der Waals surface area contributed by atoms with Crippen LogP contribution in [-0.2, 0) is 6.54 Å². The second kappa shape index (κ2) is 7.69. The van der Waals surface area contributed by atoms with E-state index in [0.717, 1.165) is 44.4 Å². The zero-order valence-electron chi connectivity index (χ0n) is 17.2. The van der Waals surface area contributed by atoms with E-state index in [1.807, 2.05) is 61.5 Å². The van der Waals surface area contributed by atoms with Crippen LogP contribution in [-0.4, -0.2) is 17.1 Å². The Morgan fingerprint density at radius 3 is 2.65 bits per heavy atom. The highest BCUT2D eigenvalue weighted by Gasteiger charge is 2.18. The van der Waals surface area contributed by atoms with E-state index in [2.05, 4.69) is 16.7 Å². The molecule has 2 heterocycles. The lowest BCUT2D eigenvalue weighted by Crippen LogP contribution is -2.11. The maximum Gasteiger partial charge on any atom is 0.249 e. The van der Waals surface area contributed by atoms with E-state index in [9.17, 15) is 4.79 Å². The number of fused-ring (bicyclic) bond motifs is 3. The zero-order chi connectivity index (χ0) is 21.4. The lowest BCUT2D eigenvalue weighted by molar-refractivity contribution is 0.100. The van der Waals surface area contributed by atoms with Gasteiger partial charge in [-0.15, -0.1) is 0 Å². The summed E-state index contributed by atoms with van der Waals surface area (Å²) in [7, 11) is 0. The van der Waals surface area contributed by atoms with Gasteiger partial charge in [0.2, 0.25) is 5.91 Å². The van der Waals surface area contributed by atoms with Crippen molar-refractivity contribution in [3.05, 3.63) is 90.2 Å². The Morgan fingerprint density at radius 2 is 1.87 bits per heavy atom. The summed E-state index contributed by atoms with van der Waals surface area (Å²) in [6.45, 7) is 3.17. The molecule has 31 heavy (non-hydrogen) atoms. The number of furan rings is 1. The minimum absolute atomic E-state index is 0.436. The molecule has 2 N–H and O–H groups in total. The van der Waals surface area contributed by atoms with Gasteiger partial charge < -0.3 is 19.5 Å². The molecule has 5 heteroatoms. The van der Waals surface area contributed by atoms with Gasteiger partial charge in [0.15, 0.2) is 0 Å². The van der Waals surface area contributed by atoms with Crippen LogP contribution >= 0.6 is 0 Å². The molecule has 5 rings (SSSR count). The monoisotopic (exact) mass is 410 g/mol. The summed E-state index contributed by atoms with van der Waals surface area (Å²) in [5.41, 5.74) is 10.2. The summed E-state index contributed by atoms with van der Waals surface area (Å²) >= 11 is 0. The fourth-order valence-electron chi connectivity index (χ4n) is 4.22. The number of hydrogen-bond acceptors (Lipinski definition) is 3. The van der Waals surface area contributed by atoms with Crippen molar-refractivity contribution in [2.75, 3.05) is 6.61 Å². The first kappa shape index (κ1) is 19.0. The summed E-state index contributed by atoms with van der Waals surface area (Å²) in [5.74, 6) is 1.21. The van der Waals surface area contributed by atoms with Crippen molar-refractivity contribution in [3.8, 4) is 17.1 Å². The van der Waals surface area contributed by atoms with Crippen molar-refractivity contribution >= 4 is 27.7 Å². The van der Waals surface area contributed by atoms with Crippen LogP contribution in [0.2, 0.25) is 0 Å². The number of nitrogens with two attached hydrogens (primary N) is 1. The number of primary amides is 1. The molecule has 0 aliphatic heterocycles. The van der Waals surface area contributed by atoms with Crippen LogP contribution in [0.25, 0.3) is 33.1 Å². The lowest BCUT2D eigenvalue weighted by Gasteiger charge is -2.13. The number of rotatable bonds is 6. The lowest BCUT2D eigenvalue weighted by atomic mass is 10.0. The average Bonchev–Trinajstić information content (AvgIpc) is 3.42. The Labute approximate surface area is 179 Å². The molecule has 0 saturated heterocycles. The second-order valence-corrected chi connectivity index (χ2v) is 7.40. The molecule has 0 bridgehead atoms. The second-order valence-electron chi connectivity index (χ2n) is 7.40. The molecule has 1 amide bonds. The largest absolute Gasteiger partial charge is 0.494 e. The summed E-state index contributed by atoms with van der Waals surface area (Å²) in [5, 5.41) is 1.85. The predicted octanol–water partition coefficient (Wildman–Crippen LogP) is 5.60. The fraction of sp³-hybridized carbons (Fsp3) is 0.115. The van der Waals surface area contributed by atoms with E-state index in [0.29, 0.717) is 18.7 Å². The fourth-order valence-corrected chi connectivity index (χ4v) is 4.22. The van der Waals surface area contributed by atoms with Gasteiger partial charge in [0.25, 0.3) is 0 Å². The Bertz CT molecular complexity index is 1400. The Morgan fingerprint density at radius 1 is 1.00 bits per heavy atom. The molecular weight excluding hydrogens is 388 g/mol. The van der Waals surface area contributed by atoms with Crippen LogP contribution in [0.4, 0.5) is 0 Å². The first-order valence-electron chi connectivity index (χ1n) is 10.3. The van der Waals surface area contributed by atoms with E-state index in [1.165, 1.54) is 0 Å². The molecule has 0 fully saturated rings. The van der Waals surface area contributed by atoms with Gasteiger partial charge in [0.1, 0.15) is 11.5 Å². The predicted molar refractivity (Wildman–Crippen MR) is 122 cm³/mol. The molecule has 2 aromatic heterocycles. The van der Waals surface area contributed by atoms with Crippen molar-refractivity contribution in [2.24, 2.45) is 5.73 Å². The van der Waals surface area contributed by atoms with Gasteiger partial charge in [-0.1, -0.05) is 36.4 Å². The maximum atomic E-state index is 12.2. The summed E-state index contributed by atoms with van der Waals surface area (Å²) in [6.07, 6.45) is 1.67. The molecule has 3 aromatic carbocycles. The van der Waals surface area contributed by atoms with Gasteiger partial charge in [-0.25, -0.2) is 0 Å². The molecule has 0 aliphatic carbocycles. The number of carbonyl (C=O) groups excluding carboxylic acids is 1. The van der Waals surface area contributed by atoms with Gasteiger partial charge >= 0.3 is 0 Å². The molecular formula is C26H22N2O3. The van der Waals surface area contributed by atoms with Crippen LogP contribution in [0.3, 0.4) is 0 Å². The molecule has 0 saturated carbocycles. The SMILES string of the molecule is CCOc1ccccc1Cn1c2cc(-c3ccco3)ccc2c2c(C(N)=O)cccc21. The third-order valence-corrected chi connectivity index (χ3v) is 5.56. The minimum atomic E-state index is -0.436. The van der Waals surface area contributed by atoms with Gasteiger partial charge in [0.05, 0.1) is 30.4 Å². The summed E-state index contributed by atoms with van der Waals surface area (Å²) in [4.78, 5) is 12.2. The Kier molecular flexibility index (Phi) is 4.71. The number of amides is 1. The highest BCUT2D eigenvalue weighted by molar-refractivity contribution is 6.18. The Hall–Kier alpha value is -3.99. The van der Waals surface area contributed by atoms with E-state index in [4.69, 9.17) is 14.9 Å². The third kappa shape index (κ3) is 3.24. The Balaban J connectivity index is 1.79. The van der Waals surface area contributed by atoms with Crippen LogP contribution in [0, 0.1) is 0 Å². The van der Waals surface area contributed by atoms with Gasteiger partial charge in [0, 0.05) is 27.5 Å². The molecule has 5 nitrogen and oxygen atoms in total. The number of carbonyl (C=O) groups is 1.